The minimum Gasteiger partial charge on any atom is -0.370 e. The largest absolute Gasteiger partial charge is 0.370 e. The van der Waals surface area contributed by atoms with Gasteiger partial charge in [-0.1, -0.05) is 24.3 Å². The van der Waals surface area contributed by atoms with E-state index in [1.165, 1.54) is 0 Å². The number of hydrogen-bond donors (Lipinski definition) is 4. The minimum atomic E-state index is -0.588. The van der Waals surface area contributed by atoms with Crippen molar-refractivity contribution in [3.05, 3.63) is 78.5 Å². The molecule has 4 aromatic rings. The van der Waals surface area contributed by atoms with Crippen molar-refractivity contribution in [2.75, 3.05) is 5.32 Å². The Balaban J connectivity index is 1.38. The number of aromatic nitrogens is 4. The highest BCUT2D eigenvalue weighted by atomic mass is 16.2. The number of carbonyl (C=O) groups excluding carboxylic acids is 1. The predicted octanol–water partition coefficient (Wildman–Crippen LogP) is 1.89. The molecule has 156 valence electrons. The van der Waals surface area contributed by atoms with E-state index in [0.717, 1.165) is 28.0 Å². The molecular weight excluding hydrogens is 394 g/mol. The molecule has 0 unspecified atom stereocenters. The van der Waals surface area contributed by atoms with Crippen LogP contribution in [-0.2, 0) is 13.1 Å². The molecular formula is C21H21N9O. The van der Waals surface area contributed by atoms with E-state index in [0.29, 0.717) is 19.0 Å². The van der Waals surface area contributed by atoms with Crippen molar-refractivity contribution >= 4 is 23.6 Å². The van der Waals surface area contributed by atoms with Crippen molar-refractivity contribution in [2.24, 2.45) is 16.5 Å². The zero-order valence-corrected chi connectivity index (χ0v) is 16.6. The summed E-state index contributed by atoms with van der Waals surface area (Å²) in [6, 6.07) is 13.0. The van der Waals surface area contributed by atoms with Gasteiger partial charge in [-0.25, -0.2) is 19.7 Å². The summed E-state index contributed by atoms with van der Waals surface area (Å²) in [4.78, 5) is 28.3. The van der Waals surface area contributed by atoms with Crippen LogP contribution in [0.3, 0.4) is 0 Å². The summed E-state index contributed by atoms with van der Waals surface area (Å²) in [5.74, 6) is 0.236. The minimum absolute atomic E-state index is 0.279. The van der Waals surface area contributed by atoms with Gasteiger partial charge in [0.2, 0.25) is 5.95 Å². The molecule has 10 nitrogen and oxygen atoms in total. The van der Waals surface area contributed by atoms with Crippen LogP contribution in [0.1, 0.15) is 11.3 Å². The average molecular weight is 415 g/mol. The van der Waals surface area contributed by atoms with Crippen LogP contribution in [0, 0.1) is 0 Å². The fourth-order valence-corrected chi connectivity index (χ4v) is 3.01. The summed E-state index contributed by atoms with van der Waals surface area (Å²) < 4.78 is 1.97. The summed E-state index contributed by atoms with van der Waals surface area (Å²) in [5, 5.41) is 5.81. The van der Waals surface area contributed by atoms with Crippen molar-refractivity contribution in [3.63, 3.8) is 0 Å². The Hall–Kier alpha value is -4.47. The van der Waals surface area contributed by atoms with Crippen molar-refractivity contribution in [2.45, 2.75) is 13.1 Å². The van der Waals surface area contributed by atoms with Crippen molar-refractivity contribution in [1.82, 2.24) is 24.7 Å². The molecule has 1 aromatic carbocycles. The molecule has 0 radical (unpaired) electrons. The second-order valence-corrected chi connectivity index (χ2v) is 6.74. The van der Waals surface area contributed by atoms with E-state index < -0.39 is 6.03 Å². The Morgan fingerprint density at radius 2 is 1.87 bits per heavy atom. The number of nitrogens with one attached hydrogen (secondary N) is 2. The lowest BCUT2D eigenvalue weighted by atomic mass is 10.1. The molecule has 0 bridgehead atoms. The van der Waals surface area contributed by atoms with Crippen molar-refractivity contribution < 1.29 is 4.79 Å². The standard InChI is InChI=1S/C21H21N9O/c22-19(23)29-21(31)27-9-14-4-3-5-15(8-14)16-10-24-20(25-11-16)26-12-17-13-30-7-2-1-6-18(30)28-17/h1-8,10-11,13H,9,12H2,(H,24,25,26)(H5,22,23,27,29,31). The molecule has 0 aliphatic rings. The van der Waals surface area contributed by atoms with Gasteiger partial charge in [0, 0.05) is 36.9 Å². The fourth-order valence-electron chi connectivity index (χ4n) is 3.01. The third-order valence-corrected chi connectivity index (χ3v) is 4.43. The number of fused-ring (bicyclic) bond motifs is 1. The number of urea groups is 1. The highest BCUT2D eigenvalue weighted by Gasteiger charge is 2.05. The molecule has 3 heterocycles. The molecule has 6 N–H and O–H groups in total. The Morgan fingerprint density at radius 3 is 2.65 bits per heavy atom. The van der Waals surface area contributed by atoms with Gasteiger partial charge in [0.15, 0.2) is 5.96 Å². The third-order valence-electron chi connectivity index (χ3n) is 4.43. The maximum Gasteiger partial charge on any atom is 0.344 e. The molecule has 0 spiro atoms. The zero-order chi connectivity index (χ0) is 21.6. The highest BCUT2D eigenvalue weighted by Crippen LogP contribution is 2.19. The van der Waals surface area contributed by atoms with E-state index >= 15 is 0 Å². The number of aliphatic imine (C=N–C) groups is 1. The van der Waals surface area contributed by atoms with E-state index in [-0.39, 0.29) is 5.96 Å². The molecule has 0 aliphatic heterocycles. The van der Waals surface area contributed by atoms with Crippen LogP contribution in [0.2, 0.25) is 0 Å². The van der Waals surface area contributed by atoms with Gasteiger partial charge in [0.1, 0.15) is 5.65 Å². The molecule has 4 rings (SSSR count). The summed E-state index contributed by atoms with van der Waals surface area (Å²) in [7, 11) is 0. The molecule has 0 atom stereocenters. The predicted molar refractivity (Wildman–Crippen MR) is 118 cm³/mol. The quantitative estimate of drug-likeness (QED) is 0.277. The second-order valence-electron chi connectivity index (χ2n) is 6.74. The van der Waals surface area contributed by atoms with Gasteiger partial charge in [0.05, 0.1) is 12.2 Å². The second kappa shape index (κ2) is 8.91. The molecule has 0 saturated carbocycles. The first kappa shape index (κ1) is 19.8. The summed E-state index contributed by atoms with van der Waals surface area (Å²) in [5.41, 5.74) is 14.9. The molecule has 31 heavy (non-hydrogen) atoms. The van der Waals surface area contributed by atoms with Crippen LogP contribution < -0.4 is 22.1 Å². The van der Waals surface area contributed by atoms with Gasteiger partial charge < -0.3 is 26.5 Å². The van der Waals surface area contributed by atoms with Crippen LogP contribution in [-0.4, -0.2) is 31.3 Å². The number of hydrogen-bond acceptors (Lipinski definition) is 5. The number of guanidine groups is 1. The van der Waals surface area contributed by atoms with E-state index in [1.54, 1.807) is 12.4 Å². The number of amides is 2. The lowest BCUT2D eigenvalue weighted by molar-refractivity contribution is 0.249. The van der Waals surface area contributed by atoms with Gasteiger partial charge >= 0.3 is 6.03 Å². The van der Waals surface area contributed by atoms with E-state index in [1.807, 2.05) is 59.3 Å². The number of pyridine rings is 1. The number of benzene rings is 1. The first-order valence-corrected chi connectivity index (χ1v) is 9.52. The number of anilines is 1. The normalized spacial score (nSPS) is 10.6. The molecule has 0 saturated heterocycles. The van der Waals surface area contributed by atoms with E-state index in [4.69, 9.17) is 11.5 Å². The number of imidazole rings is 1. The Kier molecular flexibility index (Phi) is 5.70. The number of carbonyl (C=O) groups is 1. The van der Waals surface area contributed by atoms with Crippen LogP contribution in [0.4, 0.5) is 10.7 Å². The Labute approximate surface area is 178 Å². The van der Waals surface area contributed by atoms with Crippen LogP contribution >= 0.6 is 0 Å². The Bertz CT molecular complexity index is 1190. The summed E-state index contributed by atoms with van der Waals surface area (Å²) >= 11 is 0. The molecule has 10 heteroatoms. The van der Waals surface area contributed by atoms with E-state index in [9.17, 15) is 4.79 Å². The third kappa shape index (κ3) is 5.12. The maximum absolute atomic E-state index is 11.5. The van der Waals surface area contributed by atoms with Gasteiger partial charge in [-0.3, -0.25) is 0 Å². The number of nitrogens with zero attached hydrogens (tertiary/aromatic N) is 5. The van der Waals surface area contributed by atoms with Gasteiger partial charge in [-0.2, -0.15) is 4.99 Å². The number of rotatable bonds is 6. The first-order valence-electron chi connectivity index (χ1n) is 9.52. The van der Waals surface area contributed by atoms with Crippen LogP contribution in [0.5, 0.6) is 0 Å². The average Bonchev–Trinajstić information content (AvgIpc) is 3.19. The monoisotopic (exact) mass is 415 g/mol. The summed E-state index contributed by atoms with van der Waals surface area (Å²) in [6.45, 7) is 0.814. The fraction of sp³-hybridized carbons (Fsp3) is 0.0952. The van der Waals surface area contributed by atoms with E-state index in [2.05, 4.69) is 30.6 Å². The van der Waals surface area contributed by atoms with Gasteiger partial charge in [-0.15, -0.1) is 0 Å². The van der Waals surface area contributed by atoms with Gasteiger partial charge in [0.25, 0.3) is 0 Å². The summed E-state index contributed by atoms with van der Waals surface area (Å²) in [6.07, 6.45) is 7.41. The topological polar surface area (TPSA) is 149 Å². The smallest absolute Gasteiger partial charge is 0.344 e. The number of nitrogens with two attached hydrogens (primary N) is 2. The molecule has 2 amide bonds. The maximum atomic E-state index is 11.5. The molecule has 3 aromatic heterocycles. The van der Waals surface area contributed by atoms with Gasteiger partial charge in [-0.05, 0) is 29.3 Å². The first-order chi connectivity index (χ1) is 15.1. The van der Waals surface area contributed by atoms with Crippen LogP contribution in [0.15, 0.2) is 72.2 Å². The lowest BCUT2D eigenvalue weighted by Gasteiger charge is -2.07. The highest BCUT2D eigenvalue weighted by molar-refractivity contribution is 5.90. The molecule has 0 aliphatic carbocycles. The van der Waals surface area contributed by atoms with Crippen LogP contribution in [0.25, 0.3) is 16.8 Å². The Morgan fingerprint density at radius 1 is 1.03 bits per heavy atom. The SMILES string of the molecule is NC(N)=NC(=O)NCc1cccc(-c2cnc(NCc3cn4ccccc4n3)nc2)c1. The van der Waals surface area contributed by atoms with Crippen molar-refractivity contribution in [1.29, 1.82) is 0 Å². The lowest BCUT2D eigenvalue weighted by Crippen LogP contribution is -2.28. The zero-order valence-electron chi connectivity index (χ0n) is 16.6. The molecule has 0 fully saturated rings. The van der Waals surface area contributed by atoms with Crippen molar-refractivity contribution in [3.8, 4) is 11.1 Å².